The van der Waals surface area contributed by atoms with Crippen LogP contribution in [0.5, 0.6) is 0 Å². The van der Waals surface area contributed by atoms with Crippen molar-refractivity contribution in [3.63, 3.8) is 0 Å². The summed E-state index contributed by atoms with van der Waals surface area (Å²) in [5.74, 6) is 0.729. The van der Waals surface area contributed by atoms with Crippen LogP contribution in [0.25, 0.3) is 5.65 Å². The lowest BCUT2D eigenvalue weighted by molar-refractivity contribution is 0.0271. The first-order chi connectivity index (χ1) is 9.13. The molecule has 0 radical (unpaired) electrons. The molecule has 2 unspecified atom stereocenters. The number of hydrogen-bond acceptors (Lipinski definition) is 5. The lowest BCUT2D eigenvalue weighted by Crippen LogP contribution is -2.50. The first kappa shape index (κ1) is 12.8. The number of nitrogens with zero attached hydrogens (tertiary/aromatic N) is 4. The summed E-state index contributed by atoms with van der Waals surface area (Å²) in [6, 6.07) is 3.90. The van der Waals surface area contributed by atoms with Gasteiger partial charge in [-0.05, 0) is 35.0 Å². The van der Waals surface area contributed by atoms with E-state index < -0.39 is 0 Å². The number of nitrogens with two attached hydrogens (primary N) is 1. The van der Waals surface area contributed by atoms with E-state index in [0.717, 1.165) is 29.2 Å². The molecule has 1 saturated heterocycles. The van der Waals surface area contributed by atoms with Gasteiger partial charge in [-0.25, -0.2) is 4.52 Å². The van der Waals surface area contributed by atoms with E-state index in [2.05, 4.69) is 30.9 Å². The zero-order valence-corrected chi connectivity index (χ0v) is 12.2. The largest absolute Gasteiger partial charge is 0.373 e. The molecule has 1 fully saturated rings. The standard InChI is InChI=1S/C12H16BrN5O/c1-8(14)10-7-17(4-5-19-10)12-15-11-3-2-9(13)6-18(11)16-12/h2-3,6,8,10H,4-5,7,14H2,1H3. The van der Waals surface area contributed by atoms with Crippen molar-refractivity contribution < 1.29 is 4.74 Å². The molecule has 0 spiro atoms. The zero-order valence-electron chi connectivity index (χ0n) is 10.7. The molecule has 0 amide bonds. The molecule has 7 heteroatoms. The predicted molar refractivity (Wildman–Crippen MR) is 76.3 cm³/mol. The number of fused-ring (bicyclic) bond motifs is 1. The Morgan fingerprint density at radius 3 is 3.16 bits per heavy atom. The summed E-state index contributed by atoms with van der Waals surface area (Å²) >= 11 is 3.43. The number of ether oxygens (including phenoxy) is 1. The molecular formula is C12H16BrN5O. The molecule has 6 nitrogen and oxygen atoms in total. The fourth-order valence-electron chi connectivity index (χ4n) is 2.16. The van der Waals surface area contributed by atoms with Crippen molar-refractivity contribution >= 4 is 27.5 Å². The third kappa shape index (κ3) is 2.58. The van der Waals surface area contributed by atoms with Gasteiger partial charge >= 0.3 is 0 Å². The van der Waals surface area contributed by atoms with Crippen molar-refractivity contribution in [3.05, 3.63) is 22.8 Å². The van der Waals surface area contributed by atoms with Gasteiger partial charge in [0.15, 0.2) is 5.65 Å². The first-order valence-corrected chi connectivity index (χ1v) is 7.07. The zero-order chi connectivity index (χ0) is 13.4. The normalized spacial score (nSPS) is 21.8. The van der Waals surface area contributed by atoms with Gasteiger partial charge in [0.2, 0.25) is 5.95 Å². The summed E-state index contributed by atoms with van der Waals surface area (Å²) in [7, 11) is 0. The minimum atomic E-state index is 0.00831. The van der Waals surface area contributed by atoms with Crippen LogP contribution < -0.4 is 10.6 Å². The SMILES string of the molecule is CC(N)C1CN(c2nc3ccc(Br)cn3n2)CCO1. The van der Waals surface area contributed by atoms with Gasteiger partial charge in [0.1, 0.15) is 0 Å². The van der Waals surface area contributed by atoms with Crippen molar-refractivity contribution in [2.75, 3.05) is 24.6 Å². The Labute approximate surface area is 119 Å². The summed E-state index contributed by atoms with van der Waals surface area (Å²) in [6.45, 7) is 4.14. The molecule has 0 aliphatic carbocycles. The van der Waals surface area contributed by atoms with E-state index >= 15 is 0 Å². The number of morpholine rings is 1. The van der Waals surface area contributed by atoms with Crippen molar-refractivity contribution in [3.8, 4) is 0 Å². The van der Waals surface area contributed by atoms with Gasteiger partial charge in [0.25, 0.3) is 0 Å². The topological polar surface area (TPSA) is 68.7 Å². The smallest absolute Gasteiger partial charge is 0.245 e. The van der Waals surface area contributed by atoms with Gasteiger partial charge in [-0.1, -0.05) is 0 Å². The fraction of sp³-hybridized carbons (Fsp3) is 0.500. The first-order valence-electron chi connectivity index (χ1n) is 6.27. The molecule has 1 aliphatic heterocycles. The van der Waals surface area contributed by atoms with Gasteiger partial charge < -0.3 is 15.4 Å². The number of halogens is 1. The molecular weight excluding hydrogens is 310 g/mol. The Morgan fingerprint density at radius 1 is 1.53 bits per heavy atom. The minimum absolute atomic E-state index is 0.00831. The third-order valence-electron chi connectivity index (χ3n) is 3.25. The van der Waals surface area contributed by atoms with E-state index in [1.165, 1.54) is 0 Å². The average Bonchev–Trinajstić information content (AvgIpc) is 2.81. The molecule has 19 heavy (non-hydrogen) atoms. The van der Waals surface area contributed by atoms with E-state index in [0.29, 0.717) is 6.61 Å². The number of hydrogen-bond donors (Lipinski definition) is 1. The van der Waals surface area contributed by atoms with Gasteiger partial charge in [-0.2, -0.15) is 4.98 Å². The molecule has 0 bridgehead atoms. The summed E-state index contributed by atoms with van der Waals surface area (Å²) in [5.41, 5.74) is 6.73. The maximum absolute atomic E-state index is 5.90. The molecule has 2 atom stereocenters. The van der Waals surface area contributed by atoms with Crippen LogP contribution >= 0.6 is 15.9 Å². The Kier molecular flexibility index (Phi) is 3.42. The van der Waals surface area contributed by atoms with E-state index in [-0.39, 0.29) is 12.1 Å². The Morgan fingerprint density at radius 2 is 2.37 bits per heavy atom. The highest BCUT2D eigenvalue weighted by Gasteiger charge is 2.25. The highest BCUT2D eigenvalue weighted by atomic mass is 79.9. The van der Waals surface area contributed by atoms with Gasteiger partial charge in [-0.3, -0.25) is 0 Å². The quantitative estimate of drug-likeness (QED) is 0.893. The van der Waals surface area contributed by atoms with E-state index in [1.807, 2.05) is 25.3 Å². The third-order valence-corrected chi connectivity index (χ3v) is 3.72. The van der Waals surface area contributed by atoms with Crippen LogP contribution in [0, 0.1) is 0 Å². The van der Waals surface area contributed by atoms with Gasteiger partial charge in [-0.15, -0.1) is 5.10 Å². The molecule has 102 valence electrons. The van der Waals surface area contributed by atoms with Crippen LogP contribution in [0.3, 0.4) is 0 Å². The van der Waals surface area contributed by atoms with Crippen molar-refractivity contribution in [1.82, 2.24) is 14.6 Å². The second-order valence-corrected chi connectivity index (χ2v) is 5.69. The number of anilines is 1. The fourth-order valence-corrected chi connectivity index (χ4v) is 2.48. The Hall–Kier alpha value is -1.18. The van der Waals surface area contributed by atoms with Crippen LogP contribution in [0.15, 0.2) is 22.8 Å². The Balaban J connectivity index is 1.87. The van der Waals surface area contributed by atoms with Crippen LogP contribution in [-0.4, -0.2) is 46.4 Å². The molecule has 0 saturated carbocycles. The second kappa shape index (κ2) is 5.07. The van der Waals surface area contributed by atoms with Crippen molar-refractivity contribution in [2.45, 2.75) is 19.1 Å². The predicted octanol–water partition coefficient (Wildman–Crippen LogP) is 1.04. The summed E-state index contributed by atoms with van der Waals surface area (Å²) in [5, 5.41) is 4.50. The minimum Gasteiger partial charge on any atom is -0.373 e. The van der Waals surface area contributed by atoms with Crippen LogP contribution in [0.2, 0.25) is 0 Å². The molecule has 3 heterocycles. The molecule has 3 rings (SSSR count). The summed E-state index contributed by atoms with van der Waals surface area (Å²) < 4.78 is 8.40. The molecule has 2 N–H and O–H groups in total. The van der Waals surface area contributed by atoms with Crippen LogP contribution in [-0.2, 0) is 4.74 Å². The number of rotatable bonds is 2. The van der Waals surface area contributed by atoms with Gasteiger partial charge in [0, 0.05) is 29.8 Å². The molecule has 1 aliphatic rings. The molecule has 2 aromatic rings. The van der Waals surface area contributed by atoms with Crippen LogP contribution in [0.1, 0.15) is 6.92 Å². The maximum atomic E-state index is 5.90. The monoisotopic (exact) mass is 325 g/mol. The van der Waals surface area contributed by atoms with Crippen LogP contribution in [0.4, 0.5) is 5.95 Å². The maximum Gasteiger partial charge on any atom is 0.245 e. The van der Waals surface area contributed by atoms with Gasteiger partial charge in [0.05, 0.1) is 12.7 Å². The van der Waals surface area contributed by atoms with Crippen molar-refractivity contribution in [2.24, 2.45) is 5.73 Å². The van der Waals surface area contributed by atoms with E-state index in [4.69, 9.17) is 10.5 Å². The summed E-state index contributed by atoms with van der Waals surface area (Å²) in [6.07, 6.45) is 1.93. The second-order valence-electron chi connectivity index (χ2n) is 4.78. The lowest BCUT2D eigenvalue weighted by Gasteiger charge is -2.33. The van der Waals surface area contributed by atoms with Crippen molar-refractivity contribution in [1.29, 1.82) is 0 Å². The molecule has 0 aromatic carbocycles. The summed E-state index contributed by atoms with van der Waals surface area (Å²) in [4.78, 5) is 6.66. The lowest BCUT2D eigenvalue weighted by atomic mass is 10.1. The van der Waals surface area contributed by atoms with E-state index in [1.54, 1.807) is 4.52 Å². The molecule has 2 aromatic heterocycles. The average molecular weight is 326 g/mol. The van der Waals surface area contributed by atoms with E-state index in [9.17, 15) is 0 Å². The number of aromatic nitrogens is 3. The highest BCUT2D eigenvalue weighted by molar-refractivity contribution is 9.10. The number of pyridine rings is 1. The highest BCUT2D eigenvalue weighted by Crippen LogP contribution is 2.17. The Bertz CT molecular complexity index is 585.